The van der Waals surface area contributed by atoms with E-state index in [1.165, 1.54) is 16.3 Å². The van der Waals surface area contributed by atoms with Gasteiger partial charge in [0.2, 0.25) is 5.13 Å². The van der Waals surface area contributed by atoms with Gasteiger partial charge in [-0.05, 0) is 31.2 Å². The number of amides is 1. The highest BCUT2D eigenvalue weighted by molar-refractivity contribution is 7.22. The van der Waals surface area contributed by atoms with Gasteiger partial charge in [-0.15, -0.1) is 0 Å². The summed E-state index contributed by atoms with van der Waals surface area (Å²) in [5.74, 6) is -0.765. The minimum atomic E-state index is -1.06. The van der Waals surface area contributed by atoms with Crippen molar-refractivity contribution in [1.29, 1.82) is 0 Å². The Morgan fingerprint density at radius 2 is 2.11 bits per heavy atom. The SMILES string of the molecule is C/C(NCc1ccco1)=C1\C(=O)N(c2nc3ccccc3s2)N=C1CC(=O)O. The Morgan fingerprint density at radius 3 is 2.82 bits per heavy atom. The number of para-hydroxylation sites is 1. The lowest BCUT2D eigenvalue weighted by atomic mass is 10.1. The highest BCUT2D eigenvalue weighted by Crippen LogP contribution is 2.33. The molecular weight excluding hydrogens is 380 g/mol. The Balaban J connectivity index is 1.67. The van der Waals surface area contributed by atoms with E-state index in [4.69, 9.17) is 4.42 Å². The minimum absolute atomic E-state index is 0.196. The van der Waals surface area contributed by atoms with Crippen LogP contribution in [0.1, 0.15) is 19.1 Å². The molecule has 0 fully saturated rings. The lowest BCUT2D eigenvalue weighted by molar-refractivity contribution is -0.135. The monoisotopic (exact) mass is 396 g/mol. The minimum Gasteiger partial charge on any atom is -0.481 e. The van der Waals surface area contributed by atoms with Crippen molar-refractivity contribution in [3.63, 3.8) is 0 Å². The Kier molecular flexibility index (Phi) is 4.66. The molecule has 0 unspecified atom stereocenters. The fraction of sp³-hybridized carbons (Fsp3) is 0.158. The second-order valence-corrected chi connectivity index (χ2v) is 7.14. The molecule has 142 valence electrons. The van der Waals surface area contributed by atoms with Gasteiger partial charge in [0.1, 0.15) is 5.76 Å². The van der Waals surface area contributed by atoms with E-state index in [0.29, 0.717) is 23.1 Å². The number of nitrogens with one attached hydrogen (secondary N) is 1. The zero-order valence-electron chi connectivity index (χ0n) is 14.9. The molecule has 1 amide bonds. The van der Waals surface area contributed by atoms with Gasteiger partial charge in [-0.1, -0.05) is 23.5 Å². The fourth-order valence-corrected chi connectivity index (χ4v) is 3.81. The number of aliphatic carboxylic acids is 1. The van der Waals surface area contributed by atoms with Gasteiger partial charge >= 0.3 is 5.97 Å². The van der Waals surface area contributed by atoms with Crippen molar-refractivity contribution in [3.05, 3.63) is 59.7 Å². The van der Waals surface area contributed by atoms with E-state index in [0.717, 1.165) is 10.2 Å². The average Bonchev–Trinajstić information content (AvgIpc) is 3.37. The Bertz CT molecular complexity index is 1080. The Morgan fingerprint density at radius 1 is 1.29 bits per heavy atom. The lowest BCUT2D eigenvalue weighted by Crippen LogP contribution is -2.25. The number of rotatable bonds is 6. The molecule has 3 aromatic rings. The van der Waals surface area contributed by atoms with Crippen LogP contribution in [-0.2, 0) is 16.1 Å². The predicted octanol–water partition coefficient (Wildman–Crippen LogP) is 3.13. The van der Waals surface area contributed by atoms with Crippen LogP contribution in [0.25, 0.3) is 10.2 Å². The number of furan rings is 1. The van der Waals surface area contributed by atoms with Gasteiger partial charge in [0.05, 0.1) is 40.7 Å². The highest BCUT2D eigenvalue weighted by atomic mass is 32.1. The molecule has 0 spiro atoms. The highest BCUT2D eigenvalue weighted by Gasteiger charge is 2.35. The van der Waals surface area contributed by atoms with Crippen LogP contribution in [0.2, 0.25) is 0 Å². The fourth-order valence-electron chi connectivity index (χ4n) is 2.89. The smallest absolute Gasteiger partial charge is 0.309 e. The molecule has 2 aromatic heterocycles. The predicted molar refractivity (Wildman–Crippen MR) is 105 cm³/mol. The summed E-state index contributed by atoms with van der Waals surface area (Å²) in [6.07, 6.45) is 1.20. The average molecular weight is 396 g/mol. The molecule has 9 heteroatoms. The lowest BCUT2D eigenvalue weighted by Gasteiger charge is -2.10. The van der Waals surface area contributed by atoms with Crippen LogP contribution < -0.4 is 10.3 Å². The van der Waals surface area contributed by atoms with E-state index in [9.17, 15) is 14.7 Å². The van der Waals surface area contributed by atoms with Crippen LogP contribution in [0.5, 0.6) is 0 Å². The standard InChI is InChI=1S/C19H16N4O4S/c1-11(20-10-12-5-4-8-27-12)17-14(9-16(24)25)22-23(18(17)26)19-21-13-6-2-3-7-15(13)28-19/h2-8,20H,9-10H2,1H3,(H,24,25)/b17-11+. The van der Waals surface area contributed by atoms with Crippen molar-refractivity contribution in [3.8, 4) is 0 Å². The van der Waals surface area contributed by atoms with E-state index in [1.54, 1.807) is 25.3 Å². The van der Waals surface area contributed by atoms with Crippen LogP contribution in [0, 0.1) is 0 Å². The van der Waals surface area contributed by atoms with Crippen molar-refractivity contribution in [2.75, 3.05) is 5.01 Å². The largest absolute Gasteiger partial charge is 0.481 e. The molecular formula is C19H16N4O4S. The maximum atomic E-state index is 13.0. The van der Waals surface area contributed by atoms with Crippen LogP contribution in [0.4, 0.5) is 5.13 Å². The number of anilines is 1. The first-order valence-electron chi connectivity index (χ1n) is 8.49. The molecule has 2 N–H and O–H groups in total. The third-order valence-electron chi connectivity index (χ3n) is 4.18. The summed E-state index contributed by atoms with van der Waals surface area (Å²) in [5.41, 5.74) is 1.73. The third-order valence-corrected chi connectivity index (χ3v) is 5.19. The molecule has 1 aliphatic heterocycles. The molecule has 0 saturated carbocycles. The molecule has 0 bridgehead atoms. The third kappa shape index (κ3) is 3.39. The number of carbonyl (C=O) groups is 2. The van der Waals surface area contributed by atoms with Crippen molar-refractivity contribution in [1.82, 2.24) is 10.3 Å². The number of benzene rings is 1. The summed E-state index contributed by atoms with van der Waals surface area (Å²) in [5, 5.41) is 18.2. The zero-order valence-corrected chi connectivity index (χ0v) is 15.7. The molecule has 1 aromatic carbocycles. The molecule has 0 radical (unpaired) electrons. The van der Waals surface area contributed by atoms with Crippen LogP contribution >= 0.6 is 11.3 Å². The summed E-state index contributed by atoms with van der Waals surface area (Å²) in [4.78, 5) is 28.8. The van der Waals surface area contributed by atoms with Gasteiger partial charge in [-0.2, -0.15) is 10.1 Å². The number of carboxylic acid groups (broad SMARTS) is 1. The second kappa shape index (κ2) is 7.28. The van der Waals surface area contributed by atoms with E-state index in [2.05, 4.69) is 15.4 Å². The van der Waals surface area contributed by atoms with Crippen LogP contribution in [0.15, 0.2) is 63.5 Å². The summed E-state index contributed by atoms with van der Waals surface area (Å²) in [6, 6.07) is 11.1. The van der Waals surface area contributed by atoms with Crippen LogP contribution in [-0.4, -0.2) is 27.7 Å². The van der Waals surface area contributed by atoms with E-state index < -0.39 is 11.9 Å². The van der Waals surface area contributed by atoms with Gasteiger partial charge in [0.15, 0.2) is 0 Å². The second-order valence-electron chi connectivity index (χ2n) is 6.13. The molecule has 28 heavy (non-hydrogen) atoms. The number of allylic oxidation sites excluding steroid dienone is 1. The van der Waals surface area contributed by atoms with Gasteiger partial charge in [0, 0.05) is 5.70 Å². The first-order valence-corrected chi connectivity index (χ1v) is 9.31. The van der Waals surface area contributed by atoms with Gasteiger partial charge < -0.3 is 14.8 Å². The van der Waals surface area contributed by atoms with Crippen LogP contribution in [0.3, 0.4) is 0 Å². The summed E-state index contributed by atoms with van der Waals surface area (Å²) in [7, 11) is 0. The van der Waals surface area contributed by atoms with E-state index in [1.807, 2.05) is 24.3 Å². The number of hydrogen-bond acceptors (Lipinski definition) is 7. The maximum absolute atomic E-state index is 13.0. The molecule has 0 aliphatic carbocycles. The molecule has 8 nitrogen and oxygen atoms in total. The zero-order chi connectivity index (χ0) is 19.7. The molecule has 0 saturated heterocycles. The number of carboxylic acids is 1. The van der Waals surface area contributed by atoms with E-state index in [-0.39, 0.29) is 17.7 Å². The van der Waals surface area contributed by atoms with E-state index >= 15 is 0 Å². The number of hydrogen-bond donors (Lipinski definition) is 2. The summed E-state index contributed by atoms with van der Waals surface area (Å²) < 4.78 is 6.20. The first kappa shape index (κ1) is 17.9. The van der Waals surface area contributed by atoms with Gasteiger partial charge in [0.25, 0.3) is 5.91 Å². The Labute approximate surface area is 163 Å². The van der Waals surface area contributed by atoms with Crippen molar-refractivity contribution in [2.45, 2.75) is 19.9 Å². The number of fused-ring (bicyclic) bond motifs is 1. The quantitative estimate of drug-likeness (QED) is 0.620. The maximum Gasteiger partial charge on any atom is 0.309 e. The topological polar surface area (TPSA) is 108 Å². The molecule has 0 atom stereocenters. The molecule has 4 rings (SSSR count). The normalized spacial score (nSPS) is 15.8. The number of carbonyl (C=O) groups excluding carboxylic acids is 1. The van der Waals surface area contributed by atoms with Crippen molar-refractivity contribution in [2.24, 2.45) is 5.10 Å². The van der Waals surface area contributed by atoms with Gasteiger partial charge in [-0.25, -0.2) is 4.98 Å². The number of nitrogens with zero attached hydrogens (tertiary/aromatic N) is 3. The summed E-state index contributed by atoms with van der Waals surface area (Å²) in [6.45, 7) is 2.09. The molecule has 3 heterocycles. The number of hydrazone groups is 1. The first-order chi connectivity index (χ1) is 13.5. The number of thiazole rings is 1. The van der Waals surface area contributed by atoms with Crippen molar-refractivity contribution < 1.29 is 19.1 Å². The van der Waals surface area contributed by atoms with Crippen molar-refractivity contribution >= 4 is 44.3 Å². The number of aromatic nitrogens is 1. The summed E-state index contributed by atoms with van der Waals surface area (Å²) >= 11 is 1.33. The Hall–Kier alpha value is -3.46. The van der Waals surface area contributed by atoms with Gasteiger partial charge in [-0.3, -0.25) is 9.59 Å². The molecule has 1 aliphatic rings.